The Morgan fingerprint density at radius 3 is 2.38 bits per heavy atom. The highest BCUT2D eigenvalue weighted by atomic mass is 19.4. The number of ether oxygens (including phenoxy) is 5. The normalized spacial score (nSPS) is 15.9. The van der Waals surface area contributed by atoms with E-state index in [1.165, 1.54) is 13.8 Å². The molecule has 17 heteroatoms. The summed E-state index contributed by atoms with van der Waals surface area (Å²) in [5.74, 6) is -2.79. The molecule has 0 amide bonds. The maximum absolute atomic E-state index is 13.6. The van der Waals surface area contributed by atoms with Crippen LogP contribution in [-0.4, -0.2) is 55.4 Å². The molecule has 2 atom stereocenters. The van der Waals surface area contributed by atoms with Crippen LogP contribution in [0.4, 0.5) is 31.1 Å². The van der Waals surface area contributed by atoms with Gasteiger partial charge < -0.3 is 28.5 Å². The number of rotatable bonds is 10. The Labute approximate surface area is 203 Å². The number of fused-ring (bicyclic) bond motifs is 1. The lowest BCUT2D eigenvalue weighted by atomic mass is 9.97. The molecule has 1 heterocycles. The molecule has 0 aliphatic carbocycles. The summed E-state index contributed by atoms with van der Waals surface area (Å²) in [6, 6.07) is 1.60. The van der Waals surface area contributed by atoms with Gasteiger partial charge in [-0.3, -0.25) is 0 Å². The van der Waals surface area contributed by atoms with Gasteiger partial charge in [-0.1, -0.05) is 6.92 Å². The van der Waals surface area contributed by atoms with Gasteiger partial charge in [0.1, 0.15) is 17.6 Å². The van der Waals surface area contributed by atoms with Crippen molar-refractivity contribution < 1.29 is 69.5 Å². The van der Waals surface area contributed by atoms with Crippen molar-refractivity contribution in [3.63, 3.8) is 0 Å². The van der Waals surface area contributed by atoms with Crippen molar-refractivity contribution in [3.8, 4) is 11.5 Å². The van der Waals surface area contributed by atoms with Crippen molar-refractivity contribution in [2.75, 3.05) is 13.4 Å². The minimum Gasteiger partial charge on any atom is -0.475 e. The molecular weight excluding hydrogens is 528 g/mol. The zero-order chi connectivity index (χ0) is 28.0. The first-order valence-corrected chi connectivity index (χ1v) is 10.3. The second-order valence-electron chi connectivity index (χ2n) is 7.26. The fourth-order valence-electron chi connectivity index (χ4n) is 2.99. The molecule has 37 heavy (non-hydrogen) atoms. The van der Waals surface area contributed by atoms with E-state index in [1.807, 2.05) is 0 Å². The van der Waals surface area contributed by atoms with Gasteiger partial charge in [-0.25, -0.2) is 9.59 Å². The maximum Gasteiger partial charge on any atom is 0.573 e. The van der Waals surface area contributed by atoms with Crippen LogP contribution >= 0.6 is 0 Å². The minimum absolute atomic E-state index is 0.0253. The van der Waals surface area contributed by atoms with Crippen LogP contribution in [0.2, 0.25) is 0 Å². The average molecular weight is 547 g/mol. The molecular formula is C20H19F6NO10. The molecule has 1 aliphatic rings. The number of benzene rings is 1. The molecule has 11 nitrogen and oxygen atoms in total. The van der Waals surface area contributed by atoms with E-state index in [-0.39, 0.29) is 24.0 Å². The summed E-state index contributed by atoms with van der Waals surface area (Å²) in [4.78, 5) is 38.1. The third-order valence-electron chi connectivity index (χ3n) is 4.52. The van der Waals surface area contributed by atoms with E-state index >= 15 is 0 Å². The molecule has 1 aromatic rings. The van der Waals surface area contributed by atoms with Crippen LogP contribution in [0.3, 0.4) is 0 Å². The van der Waals surface area contributed by atoms with Gasteiger partial charge in [-0.05, 0) is 37.1 Å². The number of hydrogen-bond acceptors (Lipinski definition) is 10. The molecule has 0 radical (unpaired) electrons. The van der Waals surface area contributed by atoms with E-state index in [2.05, 4.69) is 23.8 Å². The van der Waals surface area contributed by atoms with E-state index in [1.54, 1.807) is 0 Å². The van der Waals surface area contributed by atoms with Crippen LogP contribution in [0.5, 0.6) is 11.5 Å². The number of halogens is 6. The fourth-order valence-corrected chi connectivity index (χ4v) is 2.99. The van der Waals surface area contributed by atoms with Gasteiger partial charge in [-0.15, -0.1) is 23.3 Å². The van der Waals surface area contributed by atoms with Gasteiger partial charge in [-0.2, -0.15) is 13.2 Å². The van der Waals surface area contributed by atoms with E-state index < -0.39 is 72.4 Å². The predicted molar refractivity (Wildman–Crippen MR) is 107 cm³/mol. The van der Waals surface area contributed by atoms with E-state index in [9.17, 15) is 46.0 Å². The SMILES string of the molecule is CCc1cc(OC(F)(F)F)cc2c1OC(C(F)(F)F)C(C(=O)OCOC(=O)OCCC(C)O[N+](=O)[O-])=C2. The first-order valence-electron chi connectivity index (χ1n) is 10.3. The quantitative estimate of drug-likeness (QED) is 0.136. The zero-order valence-electron chi connectivity index (χ0n) is 19.0. The smallest absolute Gasteiger partial charge is 0.475 e. The van der Waals surface area contributed by atoms with Crippen LogP contribution in [0.1, 0.15) is 31.4 Å². The van der Waals surface area contributed by atoms with Crippen molar-refractivity contribution in [2.45, 2.75) is 51.4 Å². The van der Waals surface area contributed by atoms with E-state index in [0.29, 0.717) is 6.08 Å². The highest BCUT2D eigenvalue weighted by Crippen LogP contribution is 2.42. The minimum atomic E-state index is -5.13. The largest absolute Gasteiger partial charge is 0.573 e. The monoisotopic (exact) mass is 547 g/mol. The summed E-state index contributed by atoms with van der Waals surface area (Å²) in [6.45, 7) is 1.19. The average Bonchev–Trinajstić information content (AvgIpc) is 2.75. The summed E-state index contributed by atoms with van der Waals surface area (Å²) in [7, 11) is 0. The van der Waals surface area contributed by atoms with Crippen LogP contribution in [0.15, 0.2) is 17.7 Å². The second-order valence-corrected chi connectivity index (χ2v) is 7.26. The zero-order valence-corrected chi connectivity index (χ0v) is 19.0. The first kappa shape index (κ1) is 29.3. The number of alkyl halides is 6. The summed E-state index contributed by atoms with van der Waals surface area (Å²) in [5.41, 5.74) is -1.48. The predicted octanol–water partition coefficient (Wildman–Crippen LogP) is 4.50. The summed E-state index contributed by atoms with van der Waals surface area (Å²) in [5, 5.41) is 9.12. The highest BCUT2D eigenvalue weighted by molar-refractivity contribution is 5.96. The number of esters is 1. The Bertz CT molecular complexity index is 1040. The van der Waals surface area contributed by atoms with Crippen molar-refractivity contribution >= 4 is 18.2 Å². The summed E-state index contributed by atoms with van der Waals surface area (Å²) >= 11 is 0. The van der Waals surface area contributed by atoms with Gasteiger partial charge in [0.25, 0.3) is 5.09 Å². The molecule has 0 bridgehead atoms. The number of carbonyl (C=O) groups is 2. The molecule has 0 saturated heterocycles. The van der Waals surface area contributed by atoms with E-state index in [4.69, 9.17) is 4.74 Å². The van der Waals surface area contributed by atoms with Gasteiger partial charge >= 0.3 is 24.7 Å². The van der Waals surface area contributed by atoms with Crippen LogP contribution in [-0.2, 0) is 30.3 Å². The lowest BCUT2D eigenvalue weighted by Crippen LogP contribution is -2.41. The van der Waals surface area contributed by atoms with Crippen LogP contribution in [0.25, 0.3) is 6.08 Å². The molecule has 0 fully saturated rings. The van der Waals surface area contributed by atoms with Gasteiger partial charge in [0.15, 0.2) is 0 Å². The Hall–Kier alpha value is -3.92. The standard InChI is InChI=1S/C20H19F6NO10/c1-3-11-6-13(36-20(24,25)26)7-12-8-14(16(19(21,22)23)35-15(11)12)17(28)33-9-34-18(29)32-5-4-10(2)37-27(30)31/h6-8,10,16H,3-5,9H2,1-2H3. The van der Waals surface area contributed by atoms with Crippen molar-refractivity contribution in [3.05, 3.63) is 38.9 Å². The Kier molecular flexibility index (Phi) is 9.41. The third-order valence-corrected chi connectivity index (χ3v) is 4.52. The van der Waals surface area contributed by atoms with Crippen molar-refractivity contribution in [1.29, 1.82) is 0 Å². The van der Waals surface area contributed by atoms with Gasteiger partial charge in [0.2, 0.25) is 12.9 Å². The van der Waals surface area contributed by atoms with Crippen molar-refractivity contribution in [1.82, 2.24) is 0 Å². The second kappa shape index (κ2) is 11.9. The molecule has 2 unspecified atom stereocenters. The molecule has 0 spiro atoms. The topological polar surface area (TPSA) is 133 Å². The van der Waals surface area contributed by atoms with Gasteiger partial charge in [0.05, 0.1) is 12.2 Å². The molecule has 206 valence electrons. The van der Waals surface area contributed by atoms with E-state index in [0.717, 1.165) is 12.1 Å². The third kappa shape index (κ3) is 8.91. The molecule has 1 aliphatic heterocycles. The molecule has 0 saturated carbocycles. The fraction of sp³-hybridized carbons (Fsp3) is 0.500. The Morgan fingerprint density at radius 2 is 1.81 bits per heavy atom. The highest BCUT2D eigenvalue weighted by Gasteiger charge is 2.49. The van der Waals surface area contributed by atoms with Crippen LogP contribution < -0.4 is 9.47 Å². The number of aryl methyl sites for hydroxylation is 1. The summed E-state index contributed by atoms with van der Waals surface area (Å²) in [6.07, 6.45) is -14.9. The Morgan fingerprint density at radius 1 is 1.14 bits per heavy atom. The number of nitrogens with zero attached hydrogens (tertiary/aromatic N) is 1. The first-order chi connectivity index (χ1) is 17.1. The maximum atomic E-state index is 13.6. The van der Waals surface area contributed by atoms with Crippen molar-refractivity contribution in [2.24, 2.45) is 0 Å². The Balaban J connectivity index is 2.12. The van der Waals surface area contributed by atoms with Gasteiger partial charge in [0, 0.05) is 12.0 Å². The molecule has 1 aromatic carbocycles. The molecule has 2 rings (SSSR count). The van der Waals surface area contributed by atoms with Crippen LogP contribution in [0, 0.1) is 10.1 Å². The number of carbonyl (C=O) groups excluding carboxylic acids is 2. The number of hydrogen-bond donors (Lipinski definition) is 0. The lowest BCUT2D eigenvalue weighted by Gasteiger charge is -2.29. The lowest BCUT2D eigenvalue weighted by molar-refractivity contribution is -0.767. The molecule has 0 N–H and O–H groups in total. The molecule has 0 aromatic heterocycles. The summed E-state index contributed by atoms with van der Waals surface area (Å²) < 4.78 is 101.